The van der Waals surface area contributed by atoms with E-state index in [0.717, 1.165) is 21.5 Å². The Morgan fingerprint density at radius 2 is 2.05 bits per heavy atom. The van der Waals surface area contributed by atoms with Gasteiger partial charge in [-0.25, -0.2) is 14.4 Å². The van der Waals surface area contributed by atoms with Crippen LogP contribution in [-0.4, -0.2) is 17.0 Å². The third kappa shape index (κ3) is 3.83. The van der Waals surface area contributed by atoms with Crippen LogP contribution in [0.25, 0.3) is 11.4 Å². The maximum absolute atomic E-state index is 13.6. The van der Waals surface area contributed by atoms with Crippen molar-refractivity contribution in [2.75, 3.05) is 12.4 Å². The molecule has 1 aromatic heterocycles. The third-order valence-corrected chi connectivity index (χ3v) is 4.38. The van der Waals surface area contributed by atoms with Crippen molar-refractivity contribution in [2.24, 2.45) is 5.92 Å². The summed E-state index contributed by atoms with van der Waals surface area (Å²) in [5.41, 5.74) is 1.59. The van der Waals surface area contributed by atoms with Crippen LogP contribution in [0.15, 0.2) is 18.2 Å². The molecule has 0 radical (unpaired) electrons. The molecule has 0 unspecified atom stereocenters. The van der Waals surface area contributed by atoms with Crippen LogP contribution in [0.1, 0.15) is 19.5 Å². The molecule has 0 aliphatic rings. The van der Waals surface area contributed by atoms with Gasteiger partial charge in [-0.3, -0.25) is 0 Å². The molecule has 112 valence electrons. The number of halogens is 3. The lowest BCUT2D eigenvalue weighted by molar-refractivity contribution is 0.627. The molecule has 1 heterocycles. The van der Waals surface area contributed by atoms with E-state index in [1.807, 2.05) is 7.05 Å². The van der Waals surface area contributed by atoms with E-state index in [0.29, 0.717) is 17.3 Å². The Balaban J connectivity index is 2.54. The van der Waals surface area contributed by atoms with Crippen molar-refractivity contribution in [1.29, 1.82) is 0 Å². The highest BCUT2D eigenvalue weighted by atomic mass is 127. The number of rotatable bonds is 4. The van der Waals surface area contributed by atoms with Crippen molar-refractivity contribution in [3.8, 4) is 11.4 Å². The second kappa shape index (κ2) is 6.87. The van der Waals surface area contributed by atoms with Crippen LogP contribution in [0.3, 0.4) is 0 Å². The number of nitrogens with zero attached hydrogens (tertiary/aromatic N) is 2. The Kier molecular flexibility index (Phi) is 5.37. The van der Waals surface area contributed by atoms with Crippen LogP contribution >= 0.6 is 34.2 Å². The number of hydrogen-bond donors (Lipinski definition) is 1. The summed E-state index contributed by atoms with van der Waals surface area (Å²) in [5.74, 6) is 1.28. The van der Waals surface area contributed by atoms with Crippen LogP contribution in [-0.2, 0) is 6.42 Å². The van der Waals surface area contributed by atoms with Crippen molar-refractivity contribution in [3.05, 3.63) is 38.3 Å². The summed E-state index contributed by atoms with van der Waals surface area (Å²) in [6.45, 7) is 4.28. The second-order valence-electron chi connectivity index (χ2n) is 5.13. The molecule has 0 aliphatic carbocycles. The van der Waals surface area contributed by atoms with E-state index < -0.39 is 5.82 Å². The van der Waals surface area contributed by atoms with Gasteiger partial charge in [-0.05, 0) is 53.1 Å². The predicted octanol–water partition coefficient (Wildman–Crippen LogP) is 4.78. The smallest absolute Gasteiger partial charge is 0.161 e. The first-order valence-electron chi connectivity index (χ1n) is 6.62. The summed E-state index contributed by atoms with van der Waals surface area (Å²) >= 11 is 7.96. The molecular weight excluding hydrogens is 404 g/mol. The zero-order valence-electron chi connectivity index (χ0n) is 12.0. The summed E-state index contributed by atoms with van der Waals surface area (Å²) in [5, 5.41) is 3.16. The molecule has 1 N–H and O–H groups in total. The first-order chi connectivity index (χ1) is 9.92. The van der Waals surface area contributed by atoms with Crippen molar-refractivity contribution in [2.45, 2.75) is 20.3 Å². The molecule has 0 aliphatic heterocycles. The highest BCUT2D eigenvalue weighted by molar-refractivity contribution is 14.1. The molecular formula is C15H16ClFIN3. The van der Waals surface area contributed by atoms with E-state index in [4.69, 9.17) is 11.6 Å². The minimum Gasteiger partial charge on any atom is -0.372 e. The Labute approximate surface area is 142 Å². The average molecular weight is 420 g/mol. The van der Waals surface area contributed by atoms with Gasteiger partial charge in [0, 0.05) is 12.6 Å². The van der Waals surface area contributed by atoms with E-state index in [9.17, 15) is 4.39 Å². The molecule has 0 atom stereocenters. The van der Waals surface area contributed by atoms with Crippen molar-refractivity contribution in [1.82, 2.24) is 9.97 Å². The van der Waals surface area contributed by atoms with Gasteiger partial charge >= 0.3 is 0 Å². The average Bonchev–Trinajstić information content (AvgIpc) is 2.43. The first-order valence-corrected chi connectivity index (χ1v) is 8.07. The number of nitrogens with one attached hydrogen (secondary N) is 1. The number of aromatic nitrogens is 2. The summed E-state index contributed by atoms with van der Waals surface area (Å²) in [7, 11) is 1.82. The zero-order valence-corrected chi connectivity index (χ0v) is 15.0. The number of benzene rings is 1. The van der Waals surface area contributed by atoms with E-state index >= 15 is 0 Å². The molecule has 1 aromatic carbocycles. The minimum atomic E-state index is -0.465. The highest BCUT2D eigenvalue weighted by Gasteiger charge is 2.14. The fraction of sp³-hybridized carbons (Fsp3) is 0.333. The quantitative estimate of drug-likeness (QED) is 0.725. The van der Waals surface area contributed by atoms with Gasteiger partial charge in [0.2, 0.25) is 0 Å². The molecule has 0 spiro atoms. The van der Waals surface area contributed by atoms with E-state index in [1.165, 1.54) is 12.1 Å². The Bertz CT molecular complexity index is 662. The van der Waals surface area contributed by atoms with Gasteiger partial charge in [0.25, 0.3) is 0 Å². The minimum absolute atomic E-state index is 0.0977. The maximum atomic E-state index is 13.6. The van der Waals surface area contributed by atoms with Crippen molar-refractivity contribution >= 4 is 40.0 Å². The standard InChI is InChI=1S/C15H16ClFIN3/c1-8(2)6-12-13(18)15(19-3)21-14(20-12)9-4-5-10(16)11(17)7-9/h4-5,7-8H,6H2,1-3H3,(H,19,20,21). The molecule has 21 heavy (non-hydrogen) atoms. The highest BCUT2D eigenvalue weighted by Crippen LogP contribution is 2.27. The first kappa shape index (κ1) is 16.4. The molecule has 0 saturated carbocycles. The number of anilines is 1. The third-order valence-electron chi connectivity index (χ3n) is 2.94. The lowest BCUT2D eigenvalue weighted by Crippen LogP contribution is -2.08. The number of hydrogen-bond acceptors (Lipinski definition) is 3. The molecule has 0 saturated heterocycles. The maximum Gasteiger partial charge on any atom is 0.161 e. The SMILES string of the molecule is CNc1nc(-c2ccc(Cl)c(F)c2)nc(CC(C)C)c1I. The van der Waals surface area contributed by atoms with E-state index in [1.54, 1.807) is 6.07 Å². The summed E-state index contributed by atoms with van der Waals surface area (Å²) in [6.07, 6.45) is 0.846. The molecule has 3 nitrogen and oxygen atoms in total. The van der Waals surface area contributed by atoms with Gasteiger partial charge in [0.1, 0.15) is 11.6 Å². The van der Waals surface area contributed by atoms with Gasteiger partial charge < -0.3 is 5.32 Å². The summed E-state index contributed by atoms with van der Waals surface area (Å²) < 4.78 is 14.6. The normalized spacial score (nSPS) is 11.0. The second-order valence-corrected chi connectivity index (χ2v) is 6.62. The van der Waals surface area contributed by atoms with Crippen LogP contribution in [0, 0.1) is 15.3 Å². The molecule has 0 bridgehead atoms. The van der Waals surface area contributed by atoms with Gasteiger partial charge in [-0.1, -0.05) is 25.4 Å². The van der Waals surface area contributed by atoms with Gasteiger partial charge in [0.15, 0.2) is 5.82 Å². The predicted molar refractivity (Wildman–Crippen MR) is 93.2 cm³/mol. The monoisotopic (exact) mass is 419 g/mol. The van der Waals surface area contributed by atoms with E-state index in [2.05, 4.69) is 51.7 Å². The molecule has 2 aromatic rings. The van der Waals surface area contributed by atoms with Crippen LogP contribution in [0.2, 0.25) is 5.02 Å². The van der Waals surface area contributed by atoms with Crippen molar-refractivity contribution in [3.63, 3.8) is 0 Å². The van der Waals surface area contributed by atoms with Crippen molar-refractivity contribution < 1.29 is 4.39 Å². The fourth-order valence-corrected chi connectivity index (χ4v) is 2.79. The Hall–Kier alpha value is -0.950. The Morgan fingerprint density at radius 1 is 1.33 bits per heavy atom. The molecule has 0 fully saturated rings. The van der Waals surface area contributed by atoms with Crippen LogP contribution < -0.4 is 5.32 Å². The van der Waals surface area contributed by atoms with Gasteiger partial charge in [0.05, 0.1) is 14.3 Å². The zero-order chi connectivity index (χ0) is 15.6. The Morgan fingerprint density at radius 3 is 2.62 bits per heavy atom. The van der Waals surface area contributed by atoms with Crippen LogP contribution in [0.5, 0.6) is 0 Å². The molecule has 2 rings (SSSR count). The lowest BCUT2D eigenvalue weighted by Gasteiger charge is -2.13. The summed E-state index contributed by atoms with van der Waals surface area (Å²) in [4.78, 5) is 9.05. The largest absolute Gasteiger partial charge is 0.372 e. The fourth-order valence-electron chi connectivity index (χ4n) is 1.95. The van der Waals surface area contributed by atoms with Crippen LogP contribution in [0.4, 0.5) is 10.2 Å². The van der Waals surface area contributed by atoms with Gasteiger partial charge in [-0.15, -0.1) is 0 Å². The topological polar surface area (TPSA) is 37.8 Å². The molecule has 6 heteroatoms. The molecule has 0 amide bonds. The van der Waals surface area contributed by atoms with Gasteiger partial charge in [-0.2, -0.15) is 0 Å². The summed E-state index contributed by atoms with van der Waals surface area (Å²) in [6, 6.07) is 4.62. The lowest BCUT2D eigenvalue weighted by atomic mass is 10.1. The van der Waals surface area contributed by atoms with E-state index in [-0.39, 0.29) is 5.02 Å².